The average Bonchev–Trinajstić information content (AvgIpc) is 2.77. The Labute approximate surface area is 129 Å². The normalized spacial score (nSPS) is 11.4. The van der Waals surface area contributed by atoms with Gasteiger partial charge in [0.25, 0.3) is 5.91 Å². The number of nitrogens with two attached hydrogens (primary N) is 1. The molecule has 0 aliphatic rings. The van der Waals surface area contributed by atoms with Crippen LogP contribution in [0.5, 0.6) is 0 Å². The van der Waals surface area contributed by atoms with Crippen LogP contribution in [0.25, 0.3) is 0 Å². The van der Waals surface area contributed by atoms with Crippen LogP contribution in [-0.2, 0) is 9.84 Å². The Balaban J connectivity index is 2.87. The minimum absolute atomic E-state index is 0.0726. The van der Waals surface area contributed by atoms with Crippen molar-refractivity contribution in [3.05, 3.63) is 4.88 Å². The number of aromatic nitrogens is 1. The number of sulfone groups is 1. The summed E-state index contributed by atoms with van der Waals surface area (Å²) in [5.74, 6) is -0.179. The molecule has 120 valence electrons. The molecule has 0 aliphatic carbocycles. The van der Waals surface area contributed by atoms with Crippen LogP contribution < -0.4 is 10.6 Å². The molecule has 0 saturated heterocycles. The zero-order valence-electron chi connectivity index (χ0n) is 12.8. The highest BCUT2D eigenvalue weighted by atomic mass is 32.2. The van der Waals surface area contributed by atoms with E-state index in [4.69, 9.17) is 5.73 Å². The summed E-state index contributed by atoms with van der Waals surface area (Å²) in [4.78, 5) is 20.2. The van der Waals surface area contributed by atoms with Gasteiger partial charge in [-0.1, -0.05) is 11.3 Å². The Kier molecular flexibility index (Phi) is 5.97. The maximum Gasteiger partial charge on any atom is 0.267 e. The number of hydrogen-bond donors (Lipinski definition) is 1. The van der Waals surface area contributed by atoms with Crippen molar-refractivity contribution in [3.63, 3.8) is 0 Å². The first-order chi connectivity index (χ1) is 9.69. The van der Waals surface area contributed by atoms with Crippen molar-refractivity contribution in [3.8, 4) is 0 Å². The third kappa shape index (κ3) is 4.85. The second-order valence-corrected chi connectivity index (χ2v) is 7.98. The predicted octanol–water partition coefficient (Wildman–Crippen LogP) is 0.688. The molecule has 0 aromatic carbocycles. The van der Waals surface area contributed by atoms with Gasteiger partial charge in [0.05, 0.1) is 5.75 Å². The molecular formula is C12H22N4O3S2. The molecule has 9 heteroatoms. The lowest BCUT2D eigenvalue weighted by Gasteiger charge is -2.17. The number of carbonyl (C=O) groups excluding carboxylic acids is 1. The van der Waals surface area contributed by atoms with Crippen LogP contribution in [0.2, 0.25) is 0 Å². The van der Waals surface area contributed by atoms with Crippen LogP contribution >= 0.6 is 11.3 Å². The van der Waals surface area contributed by atoms with Gasteiger partial charge < -0.3 is 15.5 Å². The van der Waals surface area contributed by atoms with Gasteiger partial charge in [-0.25, -0.2) is 13.4 Å². The molecule has 0 radical (unpaired) electrons. The Bertz CT molecular complexity index is 594. The van der Waals surface area contributed by atoms with E-state index in [0.29, 0.717) is 10.0 Å². The van der Waals surface area contributed by atoms with Crippen molar-refractivity contribution in [2.75, 3.05) is 49.3 Å². The molecule has 0 unspecified atom stereocenters. The second kappa shape index (κ2) is 7.08. The summed E-state index contributed by atoms with van der Waals surface area (Å²) >= 11 is 1.24. The Morgan fingerprint density at radius 3 is 2.38 bits per heavy atom. The van der Waals surface area contributed by atoms with Crippen LogP contribution in [0, 0.1) is 0 Å². The zero-order valence-corrected chi connectivity index (χ0v) is 14.4. The lowest BCUT2D eigenvalue weighted by molar-refractivity contribution is 0.0809. The zero-order chi connectivity index (χ0) is 16.2. The molecule has 1 aromatic heterocycles. The van der Waals surface area contributed by atoms with E-state index in [2.05, 4.69) is 4.98 Å². The fourth-order valence-electron chi connectivity index (χ4n) is 1.68. The van der Waals surface area contributed by atoms with Crippen LogP contribution in [-0.4, -0.2) is 62.9 Å². The van der Waals surface area contributed by atoms with E-state index in [-0.39, 0.29) is 24.0 Å². The summed E-state index contributed by atoms with van der Waals surface area (Å²) < 4.78 is 22.3. The smallest absolute Gasteiger partial charge is 0.267 e. The van der Waals surface area contributed by atoms with Gasteiger partial charge in [0.15, 0.2) is 5.13 Å². The van der Waals surface area contributed by atoms with E-state index in [1.807, 2.05) is 18.7 Å². The SMILES string of the molecule is CCN(CC)c1nc(N)c(C(=O)N(C)CCS(C)(=O)=O)s1. The summed E-state index contributed by atoms with van der Waals surface area (Å²) in [6.07, 6.45) is 1.14. The molecule has 2 N–H and O–H groups in total. The molecule has 1 aromatic rings. The van der Waals surface area contributed by atoms with Crippen LogP contribution in [0.15, 0.2) is 0 Å². The predicted molar refractivity (Wildman–Crippen MR) is 86.8 cm³/mol. The number of nitrogens with zero attached hydrogens (tertiary/aromatic N) is 3. The van der Waals surface area contributed by atoms with E-state index in [0.717, 1.165) is 19.3 Å². The van der Waals surface area contributed by atoms with E-state index in [1.54, 1.807) is 7.05 Å². The molecule has 0 spiro atoms. The molecule has 1 heterocycles. The number of thiazole rings is 1. The van der Waals surface area contributed by atoms with Gasteiger partial charge in [-0.2, -0.15) is 0 Å². The number of hydrogen-bond acceptors (Lipinski definition) is 7. The quantitative estimate of drug-likeness (QED) is 0.788. The number of anilines is 2. The van der Waals surface area contributed by atoms with Crippen molar-refractivity contribution >= 4 is 38.0 Å². The third-order valence-electron chi connectivity index (χ3n) is 3.01. The lowest BCUT2D eigenvalue weighted by atomic mass is 10.4. The van der Waals surface area contributed by atoms with Crippen molar-refractivity contribution in [2.24, 2.45) is 0 Å². The largest absolute Gasteiger partial charge is 0.382 e. The van der Waals surface area contributed by atoms with Crippen LogP contribution in [0.4, 0.5) is 10.9 Å². The summed E-state index contributed by atoms with van der Waals surface area (Å²) in [7, 11) is -1.55. The van der Waals surface area contributed by atoms with Crippen molar-refractivity contribution in [1.29, 1.82) is 0 Å². The minimum atomic E-state index is -3.11. The van der Waals surface area contributed by atoms with Crippen LogP contribution in [0.3, 0.4) is 0 Å². The van der Waals surface area contributed by atoms with E-state index < -0.39 is 9.84 Å². The average molecular weight is 334 g/mol. The Morgan fingerprint density at radius 2 is 1.90 bits per heavy atom. The van der Waals surface area contributed by atoms with Gasteiger partial charge in [0.1, 0.15) is 20.5 Å². The fraction of sp³-hybridized carbons (Fsp3) is 0.667. The van der Waals surface area contributed by atoms with Crippen molar-refractivity contribution < 1.29 is 13.2 Å². The molecule has 21 heavy (non-hydrogen) atoms. The fourth-order valence-corrected chi connectivity index (χ4v) is 3.39. The van der Waals surface area contributed by atoms with Gasteiger partial charge in [-0.15, -0.1) is 0 Å². The van der Waals surface area contributed by atoms with Gasteiger partial charge >= 0.3 is 0 Å². The monoisotopic (exact) mass is 334 g/mol. The highest BCUT2D eigenvalue weighted by Gasteiger charge is 2.22. The standard InChI is InChI=1S/C12H22N4O3S2/c1-5-16(6-2)12-14-10(13)9(20-12)11(17)15(3)7-8-21(4,18)19/h5-8,13H2,1-4H3. The summed E-state index contributed by atoms with van der Waals surface area (Å²) in [6, 6.07) is 0. The second-order valence-electron chi connectivity index (χ2n) is 4.74. The lowest BCUT2D eigenvalue weighted by Crippen LogP contribution is -2.31. The molecule has 1 rings (SSSR count). The summed E-state index contributed by atoms with van der Waals surface area (Å²) in [6.45, 7) is 5.69. The highest BCUT2D eigenvalue weighted by Crippen LogP contribution is 2.28. The maximum absolute atomic E-state index is 12.3. The Hall–Kier alpha value is -1.35. The molecule has 7 nitrogen and oxygen atoms in total. The molecular weight excluding hydrogens is 312 g/mol. The van der Waals surface area contributed by atoms with E-state index in [9.17, 15) is 13.2 Å². The number of carbonyl (C=O) groups is 1. The Morgan fingerprint density at radius 1 is 1.33 bits per heavy atom. The van der Waals surface area contributed by atoms with Crippen molar-refractivity contribution in [1.82, 2.24) is 9.88 Å². The van der Waals surface area contributed by atoms with E-state index >= 15 is 0 Å². The molecule has 0 bridgehead atoms. The first-order valence-corrected chi connectivity index (χ1v) is 9.51. The molecule has 0 saturated carbocycles. The molecule has 0 aliphatic heterocycles. The van der Waals surface area contributed by atoms with Crippen molar-refractivity contribution in [2.45, 2.75) is 13.8 Å². The minimum Gasteiger partial charge on any atom is -0.382 e. The molecule has 1 amide bonds. The number of amides is 1. The molecule has 0 atom stereocenters. The van der Waals surface area contributed by atoms with E-state index in [1.165, 1.54) is 16.2 Å². The molecule has 0 fully saturated rings. The highest BCUT2D eigenvalue weighted by molar-refractivity contribution is 7.90. The topological polar surface area (TPSA) is 96.6 Å². The third-order valence-corrected chi connectivity index (χ3v) is 5.06. The number of rotatable bonds is 7. The first-order valence-electron chi connectivity index (χ1n) is 6.64. The summed E-state index contributed by atoms with van der Waals surface area (Å²) in [5.41, 5.74) is 5.82. The maximum atomic E-state index is 12.3. The number of nitrogen functional groups attached to an aromatic ring is 1. The van der Waals surface area contributed by atoms with Gasteiger partial charge in [-0.3, -0.25) is 4.79 Å². The van der Waals surface area contributed by atoms with Gasteiger partial charge in [-0.05, 0) is 13.8 Å². The summed E-state index contributed by atoms with van der Waals surface area (Å²) in [5, 5.41) is 0.706. The van der Waals surface area contributed by atoms with Crippen LogP contribution in [0.1, 0.15) is 23.5 Å². The van der Waals surface area contributed by atoms with Gasteiger partial charge in [0, 0.05) is 32.9 Å². The first kappa shape index (κ1) is 17.7. The van der Waals surface area contributed by atoms with Gasteiger partial charge in [0.2, 0.25) is 0 Å².